The van der Waals surface area contributed by atoms with Crippen LogP contribution in [0.15, 0.2) is 48.7 Å². The Hall–Kier alpha value is -1.76. The van der Waals surface area contributed by atoms with Gasteiger partial charge < -0.3 is 0 Å². The molecule has 2 fully saturated rings. The molecule has 0 saturated carbocycles. The molecule has 0 N–H and O–H groups in total. The van der Waals surface area contributed by atoms with Crippen molar-refractivity contribution in [3.8, 4) is 0 Å². The number of fused-ring (bicyclic) bond motifs is 1. The second kappa shape index (κ2) is 7.10. The summed E-state index contributed by atoms with van der Waals surface area (Å²) in [6.45, 7) is 5.38. The molecule has 2 aliphatic heterocycles. The maximum absolute atomic E-state index is 12.4. The quantitative estimate of drug-likeness (QED) is 0.821. The Balaban J connectivity index is 1.52. The van der Waals surface area contributed by atoms with Gasteiger partial charge >= 0.3 is 0 Å². The fraction of sp³-hybridized carbons (Fsp3) is 0.450. The number of hydrogen-bond acceptors (Lipinski definition) is 5. The number of aryl methyl sites for hydroxylation is 1. The van der Waals surface area contributed by atoms with E-state index in [0.717, 1.165) is 31.9 Å². The summed E-state index contributed by atoms with van der Waals surface area (Å²) in [5, 5.41) is 0. The van der Waals surface area contributed by atoms with Gasteiger partial charge in [-0.15, -0.1) is 0 Å². The van der Waals surface area contributed by atoms with E-state index in [9.17, 15) is 8.42 Å². The first-order valence-electron chi connectivity index (χ1n) is 9.14. The van der Waals surface area contributed by atoms with Crippen LogP contribution >= 0.6 is 0 Å². The van der Waals surface area contributed by atoms with Crippen LogP contribution in [0.1, 0.15) is 16.8 Å². The number of nitrogens with zero attached hydrogens (tertiary/aromatic N) is 3. The fourth-order valence-corrected chi connectivity index (χ4v) is 6.16. The molecule has 0 radical (unpaired) electrons. The van der Waals surface area contributed by atoms with Gasteiger partial charge in [-0.2, -0.15) is 0 Å². The molecule has 2 aliphatic rings. The van der Waals surface area contributed by atoms with E-state index in [2.05, 4.69) is 46.0 Å². The molecule has 4 rings (SSSR count). The van der Waals surface area contributed by atoms with Crippen LogP contribution in [0, 0.1) is 6.92 Å². The lowest BCUT2D eigenvalue weighted by molar-refractivity contribution is 0.0348. The first-order chi connectivity index (χ1) is 12.5. The molecule has 2 atom stereocenters. The van der Waals surface area contributed by atoms with Gasteiger partial charge in [-0.25, -0.2) is 8.42 Å². The van der Waals surface area contributed by atoms with Crippen molar-refractivity contribution in [3.63, 3.8) is 0 Å². The van der Waals surface area contributed by atoms with Crippen LogP contribution in [0.4, 0.5) is 0 Å². The van der Waals surface area contributed by atoms with Crippen LogP contribution < -0.4 is 0 Å². The molecule has 138 valence electrons. The van der Waals surface area contributed by atoms with Gasteiger partial charge in [0.15, 0.2) is 9.84 Å². The molecule has 0 amide bonds. The van der Waals surface area contributed by atoms with Crippen molar-refractivity contribution in [2.24, 2.45) is 0 Å². The zero-order valence-electron chi connectivity index (χ0n) is 15.1. The minimum Gasteiger partial charge on any atom is -0.292 e. The average Bonchev–Trinajstić information content (AvgIpc) is 2.96. The normalized spacial score (nSPS) is 25.9. The molecule has 3 heterocycles. The molecule has 0 aliphatic carbocycles. The van der Waals surface area contributed by atoms with E-state index >= 15 is 0 Å². The molecule has 0 spiro atoms. The highest BCUT2D eigenvalue weighted by Gasteiger charge is 2.46. The third-order valence-corrected chi connectivity index (χ3v) is 7.20. The number of sulfone groups is 1. The number of rotatable bonds is 4. The van der Waals surface area contributed by atoms with Gasteiger partial charge in [-0.05, 0) is 24.6 Å². The van der Waals surface area contributed by atoms with Gasteiger partial charge in [0.05, 0.1) is 17.2 Å². The van der Waals surface area contributed by atoms with Crippen molar-refractivity contribution in [1.82, 2.24) is 14.8 Å². The highest BCUT2D eigenvalue weighted by atomic mass is 32.2. The zero-order valence-corrected chi connectivity index (χ0v) is 15.9. The summed E-state index contributed by atoms with van der Waals surface area (Å²) < 4.78 is 24.7. The van der Waals surface area contributed by atoms with Gasteiger partial charge in [-0.3, -0.25) is 14.8 Å². The van der Waals surface area contributed by atoms with Gasteiger partial charge in [0.25, 0.3) is 0 Å². The van der Waals surface area contributed by atoms with Crippen LogP contribution in [0.5, 0.6) is 0 Å². The molecule has 2 saturated heterocycles. The Morgan fingerprint density at radius 3 is 2.23 bits per heavy atom. The molecule has 1 aromatic carbocycles. The Kier molecular flexibility index (Phi) is 4.82. The van der Waals surface area contributed by atoms with Crippen molar-refractivity contribution >= 4 is 9.84 Å². The number of piperazine rings is 1. The zero-order chi connectivity index (χ0) is 18.1. The highest BCUT2D eigenvalue weighted by Crippen LogP contribution is 2.29. The van der Waals surface area contributed by atoms with E-state index in [4.69, 9.17) is 0 Å². The molecule has 6 heteroatoms. The van der Waals surface area contributed by atoms with Crippen molar-refractivity contribution in [2.45, 2.75) is 32.1 Å². The molecule has 0 unspecified atom stereocenters. The Morgan fingerprint density at radius 2 is 1.62 bits per heavy atom. The van der Waals surface area contributed by atoms with Crippen LogP contribution in [0.3, 0.4) is 0 Å². The van der Waals surface area contributed by atoms with Gasteiger partial charge in [0, 0.05) is 44.5 Å². The summed E-state index contributed by atoms with van der Waals surface area (Å²) in [5.41, 5.74) is 3.50. The van der Waals surface area contributed by atoms with Crippen LogP contribution in [-0.4, -0.2) is 59.9 Å². The maximum Gasteiger partial charge on any atom is 0.153 e. The summed E-state index contributed by atoms with van der Waals surface area (Å²) in [7, 11) is -2.99. The number of benzene rings is 1. The summed E-state index contributed by atoms with van der Waals surface area (Å²) in [6.07, 6.45) is 1.80. The van der Waals surface area contributed by atoms with Crippen LogP contribution in [0.25, 0.3) is 0 Å². The summed E-state index contributed by atoms with van der Waals surface area (Å²) in [5.74, 6) is 0.525. The van der Waals surface area contributed by atoms with E-state index in [1.807, 2.05) is 18.2 Å². The Morgan fingerprint density at radius 1 is 0.962 bits per heavy atom. The van der Waals surface area contributed by atoms with E-state index in [1.54, 1.807) is 6.20 Å². The van der Waals surface area contributed by atoms with Crippen LogP contribution in [0.2, 0.25) is 0 Å². The molecule has 1 aromatic heterocycles. The lowest BCUT2D eigenvalue weighted by atomic mass is 10.0. The van der Waals surface area contributed by atoms with Gasteiger partial charge in [-0.1, -0.05) is 35.9 Å². The molecular formula is C20H25N3O2S. The standard InChI is InChI=1S/C20H25N3O2S/c1-16-5-7-17(8-6-16)12-22-10-11-23(13-18-4-2-3-9-21-18)20-15-26(24,25)14-19(20)22/h2-9,19-20H,10-15H2,1H3/t19-,20+/m1/s1. The monoisotopic (exact) mass is 371 g/mol. The number of aromatic nitrogens is 1. The van der Waals surface area contributed by atoms with Crippen LogP contribution in [-0.2, 0) is 22.9 Å². The van der Waals surface area contributed by atoms with Gasteiger partial charge in [0.1, 0.15) is 0 Å². The van der Waals surface area contributed by atoms with Crippen molar-refractivity contribution in [1.29, 1.82) is 0 Å². The highest BCUT2D eigenvalue weighted by molar-refractivity contribution is 7.91. The van der Waals surface area contributed by atoms with E-state index in [0.29, 0.717) is 0 Å². The predicted octanol–water partition coefficient (Wildman–Crippen LogP) is 1.87. The first kappa shape index (κ1) is 17.6. The lowest BCUT2D eigenvalue weighted by Crippen LogP contribution is -2.58. The van der Waals surface area contributed by atoms with E-state index < -0.39 is 9.84 Å². The average molecular weight is 372 g/mol. The number of hydrogen-bond donors (Lipinski definition) is 0. The third-order valence-electron chi connectivity index (χ3n) is 5.50. The summed E-state index contributed by atoms with van der Waals surface area (Å²) >= 11 is 0. The summed E-state index contributed by atoms with van der Waals surface area (Å²) in [4.78, 5) is 9.08. The lowest BCUT2D eigenvalue weighted by Gasteiger charge is -2.43. The SMILES string of the molecule is Cc1ccc(CN2CCN(Cc3ccccn3)[C@H]3CS(=O)(=O)C[C@H]32)cc1. The molecule has 26 heavy (non-hydrogen) atoms. The number of pyridine rings is 1. The van der Waals surface area contributed by atoms with E-state index in [-0.39, 0.29) is 23.6 Å². The topological polar surface area (TPSA) is 53.5 Å². The second-order valence-electron chi connectivity index (χ2n) is 7.46. The molecular weight excluding hydrogens is 346 g/mol. The maximum atomic E-state index is 12.4. The minimum atomic E-state index is -2.99. The largest absolute Gasteiger partial charge is 0.292 e. The van der Waals surface area contributed by atoms with Crippen molar-refractivity contribution in [3.05, 3.63) is 65.5 Å². The van der Waals surface area contributed by atoms with Crippen molar-refractivity contribution in [2.75, 3.05) is 24.6 Å². The van der Waals surface area contributed by atoms with Crippen molar-refractivity contribution < 1.29 is 8.42 Å². The third kappa shape index (κ3) is 3.82. The summed E-state index contributed by atoms with van der Waals surface area (Å²) in [6, 6.07) is 14.6. The minimum absolute atomic E-state index is 0.0567. The smallest absolute Gasteiger partial charge is 0.153 e. The molecule has 5 nitrogen and oxygen atoms in total. The van der Waals surface area contributed by atoms with Gasteiger partial charge in [0.2, 0.25) is 0 Å². The molecule has 2 aromatic rings. The second-order valence-corrected chi connectivity index (χ2v) is 9.61. The van der Waals surface area contributed by atoms with E-state index in [1.165, 1.54) is 11.1 Å². The molecule has 0 bridgehead atoms. The predicted molar refractivity (Wildman–Crippen MR) is 102 cm³/mol. The Labute approximate surface area is 155 Å². The first-order valence-corrected chi connectivity index (χ1v) is 11.0. The Bertz CT molecular complexity index is 852. The fourth-order valence-electron chi connectivity index (χ4n) is 4.12.